The zero-order valence-corrected chi connectivity index (χ0v) is 8.91. The Morgan fingerprint density at radius 3 is 2.85 bits per heavy atom. The topological polar surface area (TPSA) is 55.5 Å². The number of aliphatic hydroxyl groups excluding tert-OH is 1. The molecule has 0 aliphatic carbocycles. The Kier molecular flexibility index (Phi) is 3.71. The van der Waals surface area contributed by atoms with E-state index in [1.165, 1.54) is 0 Å². The highest BCUT2D eigenvalue weighted by Crippen LogP contribution is 2.27. The van der Waals surface area contributed by atoms with Gasteiger partial charge in [-0.15, -0.1) is 0 Å². The molecule has 3 N–H and O–H groups in total. The van der Waals surface area contributed by atoms with Gasteiger partial charge in [0.05, 0.1) is 13.2 Å². The van der Waals surface area contributed by atoms with Crippen LogP contribution in [0.3, 0.4) is 0 Å². The van der Waals surface area contributed by atoms with Crippen LogP contribution in [0.2, 0.25) is 0 Å². The first-order valence-electron chi connectivity index (χ1n) is 3.90. The zero-order valence-electron chi connectivity index (χ0n) is 7.33. The second-order valence-corrected chi connectivity index (χ2v) is 3.49. The lowest BCUT2D eigenvalue weighted by molar-refractivity contribution is 0.185. The minimum atomic E-state index is -0.649. The van der Waals surface area contributed by atoms with Gasteiger partial charge in [0.1, 0.15) is 5.75 Å². The predicted octanol–water partition coefficient (Wildman–Crippen LogP) is 1.45. The first-order chi connectivity index (χ1) is 6.19. The Balaban J connectivity index is 3.03. The van der Waals surface area contributed by atoms with Crippen molar-refractivity contribution in [3.63, 3.8) is 0 Å². The average molecular weight is 246 g/mol. The smallest absolute Gasteiger partial charge is 0.119 e. The second kappa shape index (κ2) is 4.60. The SMILES string of the molecule is COc1ccc(Br)c(C(O)CN)c1. The molecule has 0 fully saturated rings. The largest absolute Gasteiger partial charge is 0.497 e. The molecular formula is C9H12BrNO2. The molecule has 4 heteroatoms. The van der Waals surface area contributed by atoms with E-state index in [1.807, 2.05) is 12.1 Å². The Morgan fingerprint density at radius 1 is 1.62 bits per heavy atom. The van der Waals surface area contributed by atoms with Gasteiger partial charge in [0.15, 0.2) is 0 Å². The lowest BCUT2D eigenvalue weighted by atomic mass is 10.1. The van der Waals surface area contributed by atoms with Gasteiger partial charge in [0.2, 0.25) is 0 Å². The molecule has 0 saturated carbocycles. The first kappa shape index (κ1) is 10.5. The Morgan fingerprint density at radius 2 is 2.31 bits per heavy atom. The number of aliphatic hydroxyl groups is 1. The molecule has 1 atom stereocenters. The number of benzene rings is 1. The van der Waals surface area contributed by atoms with Crippen molar-refractivity contribution in [2.45, 2.75) is 6.10 Å². The van der Waals surface area contributed by atoms with Crippen LogP contribution in [0.1, 0.15) is 11.7 Å². The molecule has 0 spiro atoms. The van der Waals surface area contributed by atoms with E-state index in [0.29, 0.717) is 5.75 Å². The standard InChI is InChI=1S/C9H12BrNO2/c1-13-6-2-3-8(10)7(4-6)9(12)5-11/h2-4,9,12H,5,11H2,1H3. The lowest BCUT2D eigenvalue weighted by Gasteiger charge is -2.11. The Labute approximate surface area is 85.6 Å². The number of halogens is 1. The molecule has 0 heterocycles. The fraction of sp³-hybridized carbons (Fsp3) is 0.333. The van der Waals surface area contributed by atoms with Crippen LogP contribution >= 0.6 is 15.9 Å². The van der Waals surface area contributed by atoms with Gasteiger partial charge in [0, 0.05) is 11.0 Å². The number of rotatable bonds is 3. The molecule has 1 aromatic rings. The summed E-state index contributed by atoms with van der Waals surface area (Å²) < 4.78 is 5.87. The average Bonchev–Trinajstić information content (AvgIpc) is 2.17. The van der Waals surface area contributed by atoms with Crippen LogP contribution in [-0.2, 0) is 0 Å². The van der Waals surface area contributed by atoms with Crippen molar-refractivity contribution in [2.75, 3.05) is 13.7 Å². The molecule has 0 aliphatic heterocycles. The number of hydrogen-bond acceptors (Lipinski definition) is 3. The second-order valence-electron chi connectivity index (χ2n) is 2.64. The van der Waals surface area contributed by atoms with Gasteiger partial charge in [-0.1, -0.05) is 15.9 Å². The number of hydrogen-bond donors (Lipinski definition) is 2. The molecule has 0 aliphatic rings. The molecule has 1 aromatic carbocycles. The van der Waals surface area contributed by atoms with Crippen LogP contribution in [0.5, 0.6) is 5.75 Å². The molecule has 0 bridgehead atoms. The third-order valence-corrected chi connectivity index (χ3v) is 2.51. The summed E-state index contributed by atoms with van der Waals surface area (Å²) >= 11 is 3.33. The summed E-state index contributed by atoms with van der Waals surface area (Å²) in [5.74, 6) is 0.714. The van der Waals surface area contributed by atoms with Crippen LogP contribution in [0.15, 0.2) is 22.7 Å². The van der Waals surface area contributed by atoms with E-state index >= 15 is 0 Å². The van der Waals surface area contributed by atoms with Crippen LogP contribution in [-0.4, -0.2) is 18.8 Å². The van der Waals surface area contributed by atoms with Gasteiger partial charge < -0.3 is 15.6 Å². The molecule has 0 amide bonds. The van der Waals surface area contributed by atoms with Gasteiger partial charge in [-0.2, -0.15) is 0 Å². The highest BCUT2D eigenvalue weighted by atomic mass is 79.9. The highest BCUT2D eigenvalue weighted by Gasteiger charge is 2.10. The molecule has 3 nitrogen and oxygen atoms in total. The Hall–Kier alpha value is -0.580. The summed E-state index contributed by atoms with van der Waals surface area (Å²) in [6.07, 6.45) is -0.649. The summed E-state index contributed by atoms with van der Waals surface area (Å²) in [6, 6.07) is 5.41. The lowest BCUT2D eigenvalue weighted by Crippen LogP contribution is -2.12. The molecule has 1 unspecified atom stereocenters. The minimum Gasteiger partial charge on any atom is -0.497 e. The maximum absolute atomic E-state index is 9.52. The van der Waals surface area contributed by atoms with Gasteiger partial charge in [-0.25, -0.2) is 0 Å². The van der Waals surface area contributed by atoms with Crippen molar-refractivity contribution in [3.05, 3.63) is 28.2 Å². The zero-order chi connectivity index (χ0) is 9.84. The summed E-state index contributed by atoms with van der Waals surface area (Å²) in [4.78, 5) is 0. The first-order valence-corrected chi connectivity index (χ1v) is 4.70. The van der Waals surface area contributed by atoms with Crippen molar-refractivity contribution in [3.8, 4) is 5.75 Å². The number of nitrogens with two attached hydrogens (primary N) is 1. The summed E-state index contributed by atoms with van der Waals surface area (Å²) in [5.41, 5.74) is 6.10. The summed E-state index contributed by atoms with van der Waals surface area (Å²) in [7, 11) is 1.59. The van der Waals surface area contributed by atoms with Crippen molar-refractivity contribution < 1.29 is 9.84 Å². The normalized spacial score (nSPS) is 12.6. The van der Waals surface area contributed by atoms with Crippen LogP contribution in [0.25, 0.3) is 0 Å². The van der Waals surface area contributed by atoms with Crippen LogP contribution in [0, 0.1) is 0 Å². The molecule has 1 rings (SSSR count). The predicted molar refractivity (Wildman–Crippen MR) is 54.7 cm³/mol. The molecule has 0 saturated heterocycles. The monoisotopic (exact) mass is 245 g/mol. The molecule has 0 aromatic heterocycles. The van der Waals surface area contributed by atoms with E-state index in [9.17, 15) is 5.11 Å². The van der Waals surface area contributed by atoms with Crippen LogP contribution < -0.4 is 10.5 Å². The quantitative estimate of drug-likeness (QED) is 0.848. The van der Waals surface area contributed by atoms with E-state index < -0.39 is 6.10 Å². The molecule has 72 valence electrons. The van der Waals surface area contributed by atoms with Crippen molar-refractivity contribution in [1.82, 2.24) is 0 Å². The maximum Gasteiger partial charge on any atom is 0.119 e. The van der Waals surface area contributed by atoms with E-state index in [2.05, 4.69) is 15.9 Å². The minimum absolute atomic E-state index is 0.200. The van der Waals surface area contributed by atoms with Gasteiger partial charge >= 0.3 is 0 Å². The maximum atomic E-state index is 9.52. The van der Waals surface area contributed by atoms with E-state index in [-0.39, 0.29) is 6.54 Å². The molecule has 13 heavy (non-hydrogen) atoms. The van der Waals surface area contributed by atoms with Crippen molar-refractivity contribution in [1.29, 1.82) is 0 Å². The molecule has 0 radical (unpaired) electrons. The van der Waals surface area contributed by atoms with Gasteiger partial charge in [-0.3, -0.25) is 0 Å². The number of ether oxygens (including phenoxy) is 1. The summed E-state index contributed by atoms with van der Waals surface area (Å²) in [5, 5.41) is 9.52. The van der Waals surface area contributed by atoms with Crippen molar-refractivity contribution in [2.24, 2.45) is 5.73 Å². The molecular weight excluding hydrogens is 234 g/mol. The van der Waals surface area contributed by atoms with E-state index in [0.717, 1.165) is 10.0 Å². The Bertz CT molecular complexity index is 291. The summed E-state index contributed by atoms with van der Waals surface area (Å²) in [6.45, 7) is 0.200. The van der Waals surface area contributed by atoms with Crippen LogP contribution in [0.4, 0.5) is 0 Å². The third kappa shape index (κ3) is 2.43. The number of methoxy groups -OCH3 is 1. The third-order valence-electron chi connectivity index (χ3n) is 1.79. The fourth-order valence-corrected chi connectivity index (χ4v) is 1.54. The van der Waals surface area contributed by atoms with Gasteiger partial charge in [0.25, 0.3) is 0 Å². The van der Waals surface area contributed by atoms with E-state index in [1.54, 1.807) is 13.2 Å². The van der Waals surface area contributed by atoms with Crippen molar-refractivity contribution >= 4 is 15.9 Å². The highest BCUT2D eigenvalue weighted by molar-refractivity contribution is 9.10. The van der Waals surface area contributed by atoms with Gasteiger partial charge in [-0.05, 0) is 23.8 Å². The fourth-order valence-electron chi connectivity index (χ4n) is 1.03. The van der Waals surface area contributed by atoms with E-state index in [4.69, 9.17) is 10.5 Å².